The number of nitrogens with zero attached hydrogens (tertiary/aromatic N) is 2. The van der Waals surface area contributed by atoms with Gasteiger partial charge in [-0.25, -0.2) is 8.42 Å². The second-order valence-corrected chi connectivity index (χ2v) is 7.35. The van der Waals surface area contributed by atoms with E-state index in [1.807, 2.05) is 0 Å². The van der Waals surface area contributed by atoms with Crippen LogP contribution in [0, 0.1) is 12.8 Å². The maximum absolute atomic E-state index is 12.5. The minimum absolute atomic E-state index is 0.302. The van der Waals surface area contributed by atoms with E-state index in [9.17, 15) is 8.42 Å². The largest absolute Gasteiger partial charge is 0.314 e. The fourth-order valence-electron chi connectivity index (χ4n) is 2.84. The van der Waals surface area contributed by atoms with Gasteiger partial charge in [0.2, 0.25) is 10.0 Å². The lowest BCUT2D eigenvalue weighted by Crippen LogP contribution is -2.44. The number of nitrogens with one attached hydrogen (secondary N) is 2. The van der Waals surface area contributed by atoms with Crippen LogP contribution in [-0.4, -0.2) is 48.6 Å². The molecule has 0 aliphatic carbocycles. The summed E-state index contributed by atoms with van der Waals surface area (Å²) in [7, 11) is -3.39. The number of hydrogen-bond donors (Lipinski definition) is 2. The SMILES string of the molecule is CCNC(C)C1CCN(S(=O)(=O)c2cn[nH]c2C)CC1. The molecule has 1 fully saturated rings. The summed E-state index contributed by atoms with van der Waals surface area (Å²) < 4.78 is 26.6. The topological polar surface area (TPSA) is 78.1 Å². The first-order valence-corrected chi connectivity index (χ1v) is 8.64. The van der Waals surface area contributed by atoms with Crippen molar-refractivity contribution in [3.63, 3.8) is 0 Å². The normalized spacial score (nSPS) is 20.1. The standard InChI is InChI=1S/C13H24N4O2S/c1-4-14-10(2)12-5-7-17(8-6-12)20(18,19)13-9-15-16-11(13)3/h9-10,12,14H,4-8H2,1-3H3,(H,15,16). The molecule has 0 saturated carbocycles. The highest BCUT2D eigenvalue weighted by molar-refractivity contribution is 7.89. The van der Waals surface area contributed by atoms with Crippen molar-refractivity contribution >= 4 is 10.0 Å². The molecule has 1 unspecified atom stereocenters. The van der Waals surface area contributed by atoms with Crippen molar-refractivity contribution in [3.05, 3.63) is 11.9 Å². The van der Waals surface area contributed by atoms with Gasteiger partial charge in [-0.3, -0.25) is 5.10 Å². The van der Waals surface area contributed by atoms with Crippen LogP contribution in [0.25, 0.3) is 0 Å². The van der Waals surface area contributed by atoms with Crippen LogP contribution in [0.2, 0.25) is 0 Å². The van der Waals surface area contributed by atoms with E-state index < -0.39 is 10.0 Å². The summed E-state index contributed by atoms with van der Waals surface area (Å²) in [6.45, 7) is 8.14. The minimum atomic E-state index is -3.39. The highest BCUT2D eigenvalue weighted by Gasteiger charge is 2.32. The van der Waals surface area contributed by atoms with E-state index in [1.54, 1.807) is 11.2 Å². The number of rotatable bonds is 5. The second kappa shape index (κ2) is 6.24. The van der Waals surface area contributed by atoms with Gasteiger partial charge in [0.25, 0.3) is 0 Å². The van der Waals surface area contributed by atoms with Gasteiger partial charge >= 0.3 is 0 Å². The number of piperidine rings is 1. The van der Waals surface area contributed by atoms with E-state index >= 15 is 0 Å². The maximum atomic E-state index is 12.5. The molecule has 2 N–H and O–H groups in total. The Bertz CT molecular complexity index is 532. The lowest BCUT2D eigenvalue weighted by molar-refractivity contribution is 0.232. The Balaban J connectivity index is 2.02. The summed E-state index contributed by atoms with van der Waals surface area (Å²) in [5.74, 6) is 0.548. The molecular weight excluding hydrogens is 276 g/mol. The summed E-state index contributed by atoms with van der Waals surface area (Å²) in [6.07, 6.45) is 3.21. The maximum Gasteiger partial charge on any atom is 0.246 e. The number of sulfonamides is 1. The third kappa shape index (κ3) is 3.05. The quantitative estimate of drug-likeness (QED) is 0.854. The zero-order chi connectivity index (χ0) is 14.8. The van der Waals surface area contributed by atoms with Gasteiger partial charge in [0.15, 0.2) is 0 Å². The first kappa shape index (κ1) is 15.5. The van der Waals surface area contributed by atoms with E-state index in [1.165, 1.54) is 6.20 Å². The molecule has 7 heteroatoms. The molecule has 0 amide bonds. The van der Waals surface area contributed by atoms with E-state index in [0.717, 1.165) is 19.4 Å². The molecule has 1 aliphatic rings. The minimum Gasteiger partial charge on any atom is -0.314 e. The highest BCUT2D eigenvalue weighted by Crippen LogP contribution is 2.26. The van der Waals surface area contributed by atoms with Crippen LogP contribution in [-0.2, 0) is 10.0 Å². The van der Waals surface area contributed by atoms with Crippen molar-refractivity contribution in [1.82, 2.24) is 19.8 Å². The van der Waals surface area contributed by atoms with Crippen molar-refractivity contribution in [2.24, 2.45) is 5.92 Å². The summed E-state index contributed by atoms with van der Waals surface area (Å²) in [6, 6.07) is 0.445. The number of aromatic amines is 1. The number of H-pyrrole nitrogens is 1. The molecule has 0 radical (unpaired) electrons. The molecule has 0 spiro atoms. The van der Waals surface area contributed by atoms with E-state index in [0.29, 0.717) is 35.6 Å². The molecule has 2 rings (SSSR count). The molecule has 2 heterocycles. The molecule has 1 saturated heterocycles. The number of aromatic nitrogens is 2. The van der Waals surface area contributed by atoms with Crippen LogP contribution < -0.4 is 5.32 Å². The van der Waals surface area contributed by atoms with Crippen LogP contribution in [0.5, 0.6) is 0 Å². The van der Waals surface area contributed by atoms with Gasteiger partial charge < -0.3 is 5.32 Å². The molecule has 1 atom stereocenters. The summed E-state index contributed by atoms with van der Waals surface area (Å²) >= 11 is 0. The average Bonchev–Trinajstić information content (AvgIpc) is 2.86. The Morgan fingerprint density at radius 3 is 2.65 bits per heavy atom. The Morgan fingerprint density at radius 1 is 1.50 bits per heavy atom. The van der Waals surface area contributed by atoms with Crippen LogP contribution >= 0.6 is 0 Å². The fourth-order valence-corrected chi connectivity index (χ4v) is 4.43. The van der Waals surface area contributed by atoms with E-state index in [2.05, 4.69) is 29.4 Å². The molecular formula is C13H24N4O2S. The third-order valence-corrected chi connectivity index (χ3v) is 6.15. The smallest absolute Gasteiger partial charge is 0.246 e. The lowest BCUT2D eigenvalue weighted by Gasteiger charge is -2.34. The molecule has 114 valence electrons. The molecule has 1 aromatic heterocycles. The number of aryl methyl sites for hydroxylation is 1. The van der Waals surface area contributed by atoms with Crippen LogP contribution in [0.15, 0.2) is 11.1 Å². The zero-order valence-electron chi connectivity index (χ0n) is 12.4. The van der Waals surface area contributed by atoms with Crippen molar-refractivity contribution in [1.29, 1.82) is 0 Å². The highest BCUT2D eigenvalue weighted by atomic mass is 32.2. The number of hydrogen-bond acceptors (Lipinski definition) is 4. The van der Waals surface area contributed by atoms with Gasteiger partial charge in [-0.1, -0.05) is 6.92 Å². The summed E-state index contributed by atoms with van der Waals surface area (Å²) in [5, 5.41) is 9.92. The van der Waals surface area contributed by atoms with Crippen molar-refractivity contribution in [3.8, 4) is 0 Å². The second-order valence-electron chi connectivity index (χ2n) is 5.45. The summed E-state index contributed by atoms with van der Waals surface area (Å²) in [4.78, 5) is 0.302. The third-order valence-electron chi connectivity index (χ3n) is 4.13. The Kier molecular flexibility index (Phi) is 4.82. The Hall–Kier alpha value is -0.920. The Labute approximate surface area is 121 Å². The van der Waals surface area contributed by atoms with Gasteiger partial charge in [-0.2, -0.15) is 9.40 Å². The van der Waals surface area contributed by atoms with Crippen LogP contribution in [0.3, 0.4) is 0 Å². The van der Waals surface area contributed by atoms with Gasteiger partial charge in [0.05, 0.1) is 11.9 Å². The zero-order valence-corrected chi connectivity index (χ0v) is 13.2. The van der Waals surface area contributed by atoms with Crippen molar-refractivity contribution in [2.75, 3.05) is 19.6 Å². The van der Waals surface area contributed by atoms with E-state index in [4.69, 9.17) is 0 Å². The van der Waals surface area contributed by atoms with E-state index in [-0.39, 0.29) is 0 Å². The molecule has 20 heavy (non-hydrogen) atoms. The van der Waals surface area contributed by atoms with Crippen molar-refractivity contribution in [2.45, 2.75) is 44.6 Å². The lowest BCUT2D eigenvalue weighted by atomic mass is 9.91. The van der Waals surface area contributed by atoms with Crippen molar-refractivity contribution < 1.29 is 8.42 Å². The molecule has 0 aromatic carbocycles. The van der Waals surface area contributed by atoms with Gasteiger partial charge in [0, 0.05) is 19.1 Å². The fraction of sp³-hybridized carbons (Fsp3) is 0.769. The molecule has 6 nitrogen and oxygen atoms in total. The molecule has 1 aliphatic heterocycles. The molecule has 1 aromatic rings. The first-order valence-electron chi connectivity index (χ1n) is 7.20. The monoisotopic (exact) mass is 300 g/mol. The van der Waals surface area contributed by atoms with Crippen LogP contribution in [0.1, 0.15) is 32.4 Å². The van der Waals surface area contributed by atoms with Gasteiger partial charge in [0.1, 0.15) is 4.90 Å². The van der Waals surface area contributed by atoms with Gasteiger partial charge in [-0.15, -0.1) is 0 Å². The predicted octanol–water partition coefficient (Wildman–Crippen LogP) is 1.12. The predicted molar refractivity (Wildman–Crippen MR) is 77.9 cm³/mol. The Morgan fingerprint density at radius 2 is 2.15 bits per heavy atom. The van der Waals surface area contributed by atoms with Crippen LogP contribution in [0.4, 0.5) is 0 Å². The van der Waals surface area contributed by atoms with Gasteiger partial charge in [-0.05, 0) is 39.2 Å². The first-order chi connectivity index (χ1) is 9.46. The molecule has 0 bridgehead atoms. The summed E-state index contributed by atoms with van der Waals surface area (Å²) in [5.41, 5.74) is 0.605. The average molecular weight is 300 g/mol.